The molecule has 0 aromatic rings. The summed E-state index contributed by atoms with van der Waals surface area (Å²) >= 11 is 0. The lowest BCUT2D eigenvalue weighted by Crippen LogP contribution is -2.28. The van der Waals surface area contributed by atoms with Crippen LogP contribution in [0.5, 0.6) is 0 Å². The van der Waals surface area contributed by atoms with Crippen molar-refractivity contribution in [1.29, 1.82) is 0 Å². The summed E-state index contributed by atoms with van der Waals surface area (Å²) in [6.45, 7) is 12.0. The second-order valence-electron chi connectivity index (χ2n) is 6.43. The minimum absolute atomic E-state index is 0.0289. The van der Waals surface area contributed by atoms with Crippen molar-refractivity contribution < 1.29 is 10.2 Å². The fourth-order valence-electron chi connectivity index (χ4n) is 1.82. The highest BCUT2D eigenvalue weighted by atomic mass is 16.3. The average molecular weight is 226 g/mol. The molecular formula is C14H26O2. The van der Waals surface area contributed by atoms with Crippen LogP contribution in [-0.2, 0) is 0 Å². The van der Waals surface area contributed by atoms with E-state index in [0.717, 1.165) is 0 Å². The molecule has 0 rings (SSSR count). The Morgan fingerprint density at radius 3 is 2.00 bits per heavy atom. The van der Waals surface area contributed by atoms with Crippen molar-refractivity contribution in [3.63, 3.8) is 0 Å². The molecule has 0 bridgehead atoms. The Kier molecular flexibility index (Phi) is 5.52. The van der Waals surface area contributed by atoms with Crippen molar-refractivity contribution in [3.8, 4) is 11.8 Å². The molecule has 0 fully saturated rings. The van der Waals surface area contributed by atoms with Gasteiger partial charge in [0.15, 0.2) is 0 Å². The highest BCUT2D eigenvalue weighted by Crippen LogP contribution is 2.26. The van der Waals surface area contributed by atoms with Gasteiger partial charge in [-0.15, -0.1) is 0 Å². The third-order valence-corrected chi connectivity index (χ3v) is 2.08. The minimum atomic E-state index is -1.02. The number of hydrogen-bond acceptors (Lipinski definition) is 2. The third-order valence-electron chi connectivity index (χ3n) is 2.08. The Morgan fingerprint density at radius 1 is 1.12 bits per heavy atom. The molecule has 0 aliphatic rings. The summed E-state index contributed by atoms with van der Waals surface area (Å²) in [5, 5.41) is 19.6. The lowest BCUT2D eigenvalue weighted by atomic mass is 9.83. The number of aliphatic hydroxyl groups is 2. The molecule has 0 aromatic carbocycles. The Morgan fingerprint density at radius 2 is 1.62 bits per heavy atom. The highest BCUT2D eigenvalue weighted by molar-refractivity contribution is 5.15. The normalized spacial score (nSPS) is 17.6. The van der Waals surface area contributed by atoms with Gasteiger partial charge in [0.1, 0.15) is 11.7 Å². The van der Waals surface area contributed by atoms with Crippen molar-refractivity contribution in [2.75, 3.05) is 0 Å². The molecule has 2 N–H and O–H groups in total. The number of aliphatic hydroxyl groups excluding tert-OH is 1. The molecular weight excluding hydrogens is 200 g/mol. The largest absolute Gasteiger partial charge is 0.380 e. The Balaban J connectivity index is 4.40. The first-order chi connectivity index (χ1) is 7.02. The van der Waals surface area contributed by atoms with Crippen LogP contribution in [0, 0.1) is 23.2 Å². The molecule has 0 heterocycles. The summed E-state index contributed by atoms with van der Waals surface area (Å²) in [7, 11) is 0. The molecule has 2 nitrogen and oxygen atoms in total. The zero-order chi connectivity index (χ0) is 13.0. The quantitative estimate of drug-likeness (QED) is 0.726. The summed E-state index contributed by atoms with van der Waals surface area (Å²) in [5.41, 5.74) is -0.989. The van der Waals surface area contributed by atoms with Gasteiger partial charge in [-0.2, -0.15) is 0 Å². The van der Waals surface area contributed by atoms with Crippen LogP contribution in [0.25, 0.3) is 0 Å². The van der Waals surface area contributed by atoms with E-state index in [9.17, 15) is 10.2 Å². The molecule has 0 amide bonds. The molecule has 2 atom stereocenters. The molecule has 94 valence electrons. The lowest BCUT2D eigenvalue weighted by Gasteiger charge is -2.26. The monoisotopic (exact) mass is 226 g/mol. The van der Waals surface area contributed by atoms with Gasteiger partial charge < -0.3 is 10.2 Å². The van der Waals surface area contributed by atoms with E-state index in [1.165, 1.54) is 0 Å². The molecule has 0 saturated carbocycles. The summed E-state index contributed by atoms with van der Waals surface area (Å²) < 4.78 is 0. The highest BCUT2D eigenvalue weighted by Gasteiger charge is 2.25. The Labute approximate surface area is 100 Å². The molecule has 2 unspecified atom stereocenters. The summed E-state index contributed by atoms with van der Waals surface area (Å²) in [6, 6.07) is 0. The van der Waals surface area contributed by atoms with E-state index in [0.29, 0.717) is 18.8 Å². The zero-order valence-corrected chi connectivity index (χ0v) is 11.5. The topological polar surface area (TPSA) is 40.5 Å². The van der Waals surface area contributed by atoms with Crippen molar-refractivity contribution in [1.82, 2.24) is 0 Å². The van der Waals surface area contributed by atoms with Gasteiger partial charge >= 0.3 is 0 Å². The first-order valence-corrected chi connectivity index (χ1v) is 5.95. The lowest BCUT2D eigenvalue weighted by molar-refractivity contribution is 0.0730. The van der Waals surface area contributed by atoms with Gasteiger partial charge in [0.05, 0.1) is 0 Å². The van der Waals surface area contributed by atoms with E-state index in [1.54, 1.807) is 6.92 Å². The van der Waals surface area contributed by atoms with Crippen LogP contribution in [0.4, 0.5) is 0 Å². The molecule has 16 heavy (non-hydrogen) atoms. The summed E-state index contributed by atoms with van der Waals surface area (Å²) in [6.07, 6.45) is 0.617. The molecule has 0 radical (unpaired) electrons. The maximum Gasteiger partial charge on any atom is 0.123 e. The van der Waals surface area contributed by atoms with Gasteiger partial charge in [0.2, 0.25) is 0 Å². The third kappa shape index (κ3) is 8.76. The van der Waals surface area contributed by atoms with Gasteiger partial charge in [-0.25, -0.2) is 0 Å². The van der Waals surface area contributed by atoms with E-state index >= 15 is 0 Å². The maximum absolute atomic E-state index is 10.0. The van der Waals surface area contributed by atoms with Crippen molar-refractivity contribution in [2.24, 2.45) is 11.3 Å². The van der Waals surface area contributed by atoms with Crippen LogP contribution in [0.3, 0.4) is 0 Å². The van der Waals surface area contributed by atoms with Gasteiger partial charge in [-0.3, -0.25) is 0 Å². The van der Waals surface area contributed by atoms with Crippen LogP contribution in [0.1, 0.15) is 54.4 Å². The average Bonchev–Trinajstić information content (AvgIpc) is 1.95. The molecule has 2 heteroatoms. The molecule has 0 aliphatic carbocycles. The van der Waals surface area contributed by atoms with Crippen molar-refractivity contribution in [2.45, 2.75) is 66.1 Å². The predicted molar refractivity (Wildman–Crippen MR) is 67.9 cm³/mol. The van der Waals surface area contributed by atoms with Gasteiger partial charge in [0, 0.05) is 0 Å². The predicted octanol–water partition coefficient (Wildman–Crippen LogP) is 2.58. The Hall–Kier alpha value is -0.520. The summed E-state index contributed by atoms with van der Waals surface area (Å²) in [4.78, 5) is 0. The number of hydrogen-bond donors (Lipinski definition) is 2. The van der Waals surface area contributed by atoms with Crippen LogP contribution in [-0.4, -0.2) is 21.9 Å². The van der Waals surface area contributed by atoms with Crippen LogP contribution >= 0.6 is 0 Å². The SMILES string of the molecule is CC(C)CC(O)C#CC(C)(O)CC(C)(C)C. The standard InChI is InChI=1S/C14H26O2/c1-11(2)9-12(15)7-8-14(6,16)10-13(3,4)5/h11-12,15-16H,9-10H2,1-6H3. The molecule has 0 spiro atoms. The summed E-state index contributed by atoms with van der Waals surface area (Å²) in [5.74, 6) is 5.92. The van der Waals surface area contributed by atoms with E-state index in [4.69, 9.17) is 0 Å². The fraction of sp³-hybridized carbons (Fsp3) is 0.857. The van der Waals surface area contributed by atoms with Gasteiger partial charge in [0.25, 0.3) is 0 Å². The smallest absolute Gasteiger partial charge is 0.123 e. The molecule has 0 aromatic heterocycles. The van der Waals surface area contributed by atoms with Gasteiger partial charge in [-0.05, 0) is 31.1 Å². The molecule has 0 saturated heterocycles. The van der Waals surface area contributed by atoms with E-state index in [2.05, 4.69) is 32.6 Å². The Bertz CT molecular complexity index is 261. The van der Waals surface area contributed by atoms with E-state index < -0.39 is 11.7 Å². The van der Waals surface area contributed by atoms with Crippen molar-refractivity contribution in [3.05, 3.63) is 0 Å². The van der Waals surface area contributed by atoms with Crippen LogP contribution < -0.4 is 0 Å². The van der Waals surface area contributed by atoms with Crippen molar-refractivity contribution >= 4 is 0 Å². The first-order valence-electron chi connectivity index (χ1n) is 5.95. The first kappa shape index (κ1) is 15.5. The second kappa shape index (κ2) is 5.70. The van der Waals surface area contributed by atoms with Crippen LogP contribution in [0.2, 0.25) is 0 Å². The second-order valence-corrected chi connectivity index (χ2v) is 6.43. The molecule has 0 aliphatic heterocycles. The maximum atomic E-state index is 10.0. The van der Waals surface area contributed by atoms with Gasteiger partial charge in [-0.1, -0.05) is 46.5 Å². The van der Waals surface area contributed by atoms with E-state index in [1.807, 2.05) is 13.8 Å². The fourth-order valence-corrected chi connectivity index (χ4v) is 1.82. The minimum Gasteiger partial charge on any atom is -0.380 e. The van der Waals surface area contributed by atoms with Crippen LogP contribution in [0.15, 0.2) is 0 Å². The zero-order valence-electron chi connectivity index (χ0n) is 11.5. The number of rotatable bonds is 3. The van der Waals surface area contributed by atoms with E-state index in [-0.39, 0.29) is 5.41 Å².